The van der Waals surface area contributed by atoms with Gasteiger partial charge in [0.2, 0.25) is 0 Å². The summed E-state index contributed by atoms with van der Waals surface area (Å²) in [7, 11) is -3.32. The molecule has 98 valence electrons. The molecule has 0 spiro atoms. The van der Waals surface area contributed by atoms with Crippen LogP contribution < -0.4 is 10.9 Å². The van der Waals surface area contributed by atoms with Gasteiger partial charge in [-0.2, -0.15) is 0 Å². The van der Waals surface area contributed by atoms with Crippen LogP contribution in [0.15, 0.2) is 41.8 Å². The first-order valence-electron chi connectivity index (χ1n) is 5.32. The van der Waals surface area contributed by atoms with E-state index in [-0.39, 0.29) is 23.0 Å². The average Bonchev–Trinajstić information content (AvgIpc) is 2.28. The van der Waals surface area contributed by atoms with Crippen molar-refractivity contribution in [1.82, 2.24) is 0 Å². The predicted molar refractivity (Wildman–Crippen MR) is 70.9 cm³/mol. The van der Waals surface area contributed by atoms with Crippen LogP contribution in [0, 0.1) is 0 Å². The quantitative estimate of drug-likeness (QED) is 0.471. The Morgan fingerprint density at radius 3 is 2.39 bits per heavy atom. The molecule has 0 bridgehead atoms. The summed E-state index contributed by atoms with van der Waals surface area (Å²) in [6, 6.07) is 6.07. The Bertz CT molecular complexity index is 535. The lowest BCUT2D eigenvalue weighted by atomic mass is 10.3. The van der Waals surface area contributed by atoms with Crippen molar-refractivity contribution in [2.45, 2.75) is 11.8 Å². The molecular weight excluding hydrogens is 252 g/mol. The summed E-state index contributed by atoms with van der Waals surface area (Å²) in [5.41, 5.74) is 0.586. The lowest BCUT2D eigenvalue weighted by molar-refractivity contribution is -0.115. The minimum Gasteiger partial charge on any atom is -0.304 e. The van der Waals surface area contributed by atoms with Gasteiger partial charge in [-0.25, -0.2) is 14.3 Å². The Hall–Kier alpha value is -1.66. The topological polar surface area (TPSA) is 80.5 Å². The van der Waals surface area contributed by atoms with Crippen LogP contribution in [-0.4, -0.2) is 26.5 Å². The van der Waals surface area contributed by atoms with Crippen molar-refractivity contribution in [2.75, 3.05) is 17.3 Å². The van der Waals surface area contributed by atoms with E-state index in [1.165, 1.54) is 30.1 Å². The zero-order valence-electron chi connectivity index (χ0n) is 10.2. The Kier molecular flexibility index (Phi) is 4.63. The Balaban J connectivity index is 2.93. The molecule has 0 atom stereocenters. The Morgan fingerprint density at radius 1 is 1.39 bits per heavy atom. The third-order valence-corrected chi connectivity index (χ3v) is 3.92. The Labute approximate surface area is 107 Å². The standard InChI is InChI=1S/C12H16N2O3S/c1-3-8-18(16,17)12-6-4-11(5-7-12)14(13)9-10(2)15/h3-7H,1,8-9,13H2,2H3. The summed E-state index contributed by atoms with van der Waals surface area (Å²) in [5.74, 6) is 5.49. The Morgan fingerprint density at radius 2 is 1.94 bits per heavy atom. The fraction of sp³-hybridized carbons (Fsp3) is 0.250. The number of anilines is 1. The van der Waals surface area contributed by atoms with E-state index in [1.54, 1.807) is 12.1 Å². The zero-order valence-corrected chi connectivity index (χ0v) is 11.0. The largest absolute Gasteiger partial charge is 0.304 e. The number of nitrogens with two attached hydrogens (primary N) is 1. The van der Waals surface area contributed by atoms with Crippen LogP contribution >= 0.6 is 0 Å². The van der Waals surface area contributed by atoms with E-state index in [1.807, 2.05) is 0 Å². The van der Waals surface area contributed by atoms with Gasteiger partial charge in [0.05, 0.1) is 22.9 Å². The number of carbonyl (C=O) groups excluding carboxylic acids is 1. The summed E-state index contributed by atoms with van der Waals surface area (Å²) in [5, 5.41) is 1.27. The smallest absolute Gasteiger partial charge is 0.181 e. The number of hydrogen-bond donors (Lipinski definition) is 1. The maximum absolute atomic E-state index is 11.7. The van der Waals surface area contributed by atoms with Crippen molar-refractivity contribution in [1.29, 1.82) is 0 Å². The first-order valence-corrected chi connectivity index (χ1v) is 6.97. The van der Waals surface area contributed by atoms with Crippen LogP contribution in [0.2, 0.25) is 0 Å². The summed E-state index contributed by atoms with van der Waals surface area (Å²) < 4.78 is 23.4. The van der Waals surface area contributed by atoms with Crippen molar-refractivity contribution in [3.05, 3.63) is 36.9 Å². The van der Waals surface area contributed by atoms with Crippen LogP contribution in [0.4, 0.5) is 5.69 Å². The van der Waals surface area contributed by atoms with Gasteiger partial charge in [-0.15, -0.1) is 6.58 Å². The molecule has 6 heteroatoms. The molecule has 0 aliphatic carbocycles. The number of carbonyl (C=O) groups is 1. The third-order valence-electron chi connectivity index (χ3n) is 2.26. The molecule has 0 saturated carbocycles. The molecule has 0 aliphatic heterocycles. The third kappa shape index (κ3) is 3.68. The normalized spacial score (nSPS) is 11.0. The highest BCUT2D eigenvalue weighted by Crippen LogP contribution is 2.17. The molecule has 0 fully saturated rings. The molecule has 0 saturated heterocycles. The number of hydrogen-bond acceptors (Lipinski definition) is 5. The lowest BCUT2D eigenvalue weighted by Gasteiger charge is -2.17. The van der Waals surface area contributed by atoms with E-state index >= 15 is 0 Å². The van der Waals surface area contributed by atoms with Gasteiger partial charge in [-0.1, -0.05) is 6.08 Å². The van der Waals surface area contributed by atoms with E-state index in [0.717, 1.165) is 0 Å². The molecule has 1 aromatic rings. The second kappa shape index (κ2) is 5.79. The lowest BCUT2D eigenvalue weighted by Crippen LogP contribution is -2.35. The molecule has 2 N–H and O–H groups in total. The average molecular weight is 268 g/mol. The first kappa shape index (κ1) is 14.4. The van der Waals surface area contributed by atoms with Crippen molar-refractivity contribution in [3.8, 4) is 0 Å². The summed E-state index contributed by atoms with van der Waals surface area (Å²) in [6.07, 6.45) is 1.34. The minimum absolute atomic E-state index is 0.0687. The van der Waals surface area contributed by atoms with Gasteiger partial charge < -0.3 is 5.01 Å². The predicted octanol–water partition coefficient (Wildman–Crippen LogP) is 0.915. The number of ketones is 1. The minimum atomic E-state index is -3.32. The van der Waals surface area contributed by atoms with E-state index in [9.17, 15) is 13.2 Å². The van der Waals surface area contributed by atoms with Crippen LogP contribution in [0.25, 0.3) is 0 Å². The number of nitrogens with zero attached hydrogens (tertiary/aromatic N) is 1. The number of benzene rings is 1. The van der Waals surface area contributed by atoms with Crippen molar-refractivity contribution >= 4 is 21.3 Å². The van der Waals surface area contributed by atoms with Crippen LogP contribution in [0.1, 0.15) is 6.92 Å². The summed E-state index contributed by atoms with van der Waals surface area (Å²) in [4.78, 5) is 11.1. The van der Waals surface area contributed by atoms with Crippen molar-refractivity contribution < 1.29 is 13.2 Å². The van der Waals surface area contributed by atoms with Gasteiger partial charge in [0, 0.05) is 0 Å². The second-order valence-electron chi connectivity index (χ2n) is 3.89. The molecular formula is C12H16N2O3S. The molecule has 1 aromatic carbocycles. The molecule has 0 aliphatic rings. The molecule has 5 nitrogen and oxygen atoms in total. The van der Waals surface area contributed by atoms with Crippen LogP contribution in [0.5, 0.6) is 0 Å². The highest BCUT2D eigenvalue weighted by Gasteiger charge is 2.12. The number of hydrazine groups is 1. The van der Waals surface area contributed by atoms with Gasteiger partial charge in [-0.3, -0.25) is 4.79 Å². The highest BCUT2D eigenvalue weighted by molar-refractivity contribution is 7.91. The van der Waals surface area contributed by atoms with Gasteiger partial charge in [0.1, 0.15) is 0 Å². The number of Topliss-reactive ketones (excluding diaryl/α,β-unsaturated/α-hetero) is 1. The van der Waals surface area contributed by atoms with E-state index in [4.69, 9.17) is 5.84 Å². The number of sulfone groups is 1. The van der Waals surface area contributed by atoms with E-state index in [2.05, 4.69) is 6.58 Å². The molecule has 0 unspecified atom stereocenters. The maximum Gasteiger partial charge on any atom is 0.181 e. The molecule has 1 rings (SSSR count). The molecule has 0 aromatic heterocycles. The van der Waals surface area contributed by atoms with Crippen LogP contribution in [-0.2, 0) is 14.6 Å². The van der Waals surface area contributed by atoms with Gasteiger partial charge in [0.15, 0.2) is 15.6 Å². The van der Waals surface area contributed by atoms with Crippen LogP contribution in [0.3, 0.4) is 0 Å². The fourth-order valence-corrected chi connectivity index (χ4v) is 2.48. The van der Waals surface area contributed by atoms with Gasteiger partial charge in [-0.05, 0) is 31.2 Å². The molecule has 0 amide bonds. The van der Waals surface area contributed by atoms with Gasteiger partial charge >= 0.3 is 0 Å². The van der Waals surface area contributed by atoms with E-state index in [0.29, 0.717) is 5.69 Å². The number of rotatable bonds is 6. The van der Waals surface area contributed by atoms with Crippen molar-refractivity contribution in [3.63, 3.8) is 0 Å². The van der Waals surface area contributed by atoms with Gasteiger partial charge in [0.25, 0.3) is 0 Å². The fourth-order valence-electron chi connectivity index (χ4n) is 1.43. The molecule has 0 radical (unpaired) electrons. The van der Waals surface area contributed by atoms with Crippen molar-refractivity contribution in [2.24, 2.45) is 5.84 Å². The van der Waals surface area contributed by atoms with E-state index < -0.39 is 9.84 Å². The molecule has 0 heterocycles. The molecule has 18 heavy (non-hydrogen) atoms. The second-order valence-corrected chi connectivity index (χ2v) is 5.93. The highest BCUT2D eigenvalue weighted by atomic mass is 32.2. The first-order chi connectivity index (χ1) is 8.36. The SMILES string of the molecule is C=CCS(=O)(=O)c1ccc(N(N)CC(C)=O)cc1. The zero-order chi connectivity index (χ0) is 13.8. The monoisotopic (exact) mass is 268 g/mol. The summed E-state index contributed by atoms with van der Waals surface area (Å²) >= 11 is 0. The summed E-state index contributed by atoms with van der Waals surface area (Å²) in [6.45, 7) is 4.92. The maximum atomic E-state index is 11.7.